The van der Waals surface area contributed by atoms with Crippen molar-refractivity contribution >= 4 is 12.3 Å². The van der Waals surface area contributed by atoms with E-state index in [0.29, 0.717) is 30.4 Å². The summed E-state index contributed by atoms with van der Waals surface area (Å²) in [7, 11) is 1.37. The summed E-state index contributed by atoms with van der Waals surface area (Å²) in [4.78, 5) is 26.9. The Morgan fingerprint density at radius 1 is 1.43 bits per heavy atom. The summed E-state index contributed by atoms with van der Waals surface area (Å²) in [5, 5.41) is 4.26. The second-order valence-electron chi connectivity index (χ2n) is 5.63. The van der Waals surface area contributed by atoms with Crippen molar-refractivity contribution in [2.45, 2.75) is 25.8 Å². The number of ether oxygens (including phenoxy) is 1. The molecule has 1 saturated carbocycles. The van der Waals surface area contributed by atoms with Gasteiger partial charge < -0.3 is 4.74 Å². The van der Waals surface area contributed by atoms with Crippen molar-refractivity contribution in [2.24, 2.45) is 5.92 Å². The number of esters is 1. The number of aryl methyl sites for hydroxylation is 1. The highest BCUT2D eigenvalue weighted by Gasteiger charge is 2.37. The second-order valence-corrected chi connectivity index (χ2v) is 5.63. The normalized spacial score (nSPS) is 20.0. The lowest BCUT2D eigenvalue weighted by Gasteiger charge is -2.33. The number of halogens is 1. The maximum absolute atomic E-state index is 13.3. The first-order chi connectivity index (χ1) is 11.0. The third-order valence-electron chi connectivity index (χ3n) is 4.19. The van der Waals surface area contributed by atoms with Crippen LogP contribution in [-0.2, 0) is 9.53 Å². The molecule has 0 saturated heterocycles. The van der Waals surface area contributed by atoms with Crippen molar-refractivity contribution < 1.29 is 18.7 Å². The van der Waals surface area contributed by atoms with Gasteiger partial charge in [-0.1, -0.05) is 0 Å². The van der Waals surface area contributed by atoms with E-state index in [-0.39, 0.29) is 29.3 Å². The van der Waals surface area contributed by atoms with Gasteiger partial charge in [0.15, 0.2) is 6.29 Å². The zero-order valence-corrected chi connectivity index (χ0v) is 12.8. The minimum absolute atomic E-state index is 0.0492. The summed E-state index contributed by atoms with van der Waals surface area (Å²) in [5.41, 5.74) is 1.58. The highest BCUT2D eigenvalue weighted by atomic mass is 19.1. The second kappa shape index (κ2) is 5.91. The van der Waals surface area contributed by atoms with Gasteiger partial charge in [0.1, 0.15) is 11.5 Å². The molecule has 1 aliphatic carbocycles. The van der Waals surface area contributed by atoms with Gasteiger partial charge in [0.05, 0.1) is 30.5 Å². The molecule has 1 aliphatic rings. The number of hydrogen-bond acceptors (Lipinski definition) is 5. The van der Waals surface area contributed by atoms with Crippen molar-refractivity contribution in [2.75, 3.05) is 7.11 Å². The van der Waals surface area contributed by atoms with Gasteiger partial charge in [-0.15, -0.1) is 0 Å². The number of carbonyl (C=O) groups is 2. The molecule has 1 fully saturated rings. The lowest BCUT2D eigenvalue weighted by atomic mass is 9.80. The highest BCUT2D eigenvalue weighted by molar-refractivity contribution is 5.83. The Hall–Kier alpha value is -2.57. The van der Waals surface area contributed by atoms with Crippen LogP contribution >= 0.6 is 0 Å². The zero-order valence-electron chi connectivity index (χ0n) is 12.8. The van der Waals surface area contributed by atoms with Crippen molar-refractivity contribution in [1.29, 1.82) is 0 Å². The fourth-order valence-electron chi connectivity index (χ4n) is 2.73. The smallest absolute Gasteiger partial charge is 0.308 e. The largest absolute Gasteiger partial charge is 0.469 e. The van der Waals surface area contributed by atoms with Crippen LogP contribution in [0, 0.1) is 18.7 Å². The molecule has 2 aromatic heterocycles. The summed E-state index contributed by atoms with van der Waals surface area (Å²) < 4.78 is 19.7. The van der Waals surface area contributed by atoms with Crippen LogP contribution in [0.5, 0.6) is 0 Å². The van der Waals surface area contributed by atoms with Gasteiger partial charge in [-0.05, 0) is 31.9 Å². The van der Waals surface area contributed by atoms with Crippen LogP contribution in [-0.4, -0.2) is 34.1 Å². The van der Waals surface area contributed by atoms with Crippen LogP contribution in [0.15, 0.2) is 18.3 Å². The molecule has 0 bridgehead atoms. The molecule has 2 heterocycles. The lowest BCUT2D eigenvalue weighted by Crippen LogP contribution is -2.33. The van der Waals surface area contributed by atoms with Crippen LogP contribution < -0.4 is 0 Å². The molecular weight excluding hydrogens is 301 g/mol. The van der Waals surface area contributed by atoms with Crippen LogP contribution in [0.3, 0.4) is 0 Å². The van der Waals surface area contributed by atoms with Gasteiger partial charge in [0.2, 0.25) is 0 Å². The average Bonchev–Trinajstić information content (AvgIpc) is 2.92. The Morgan fingerprint density at radius 3 is 2.78 bits per heavy atom. The lowest BCUT2D eigenvalue weighted by molar-refractivity contribution is -0.149. The molecule has 120 valence electrons. The van der Waals surface area contributed by atoms with E-state index in [9.17, 15) is 14.0 Å². The SMILES string of the molecule is COC(=O)[C@H]1C[C@H](n2cc(-c3ccc(F)c(C)n3)c(C=O)n2)C1. The van der Waals surface area contributed by atoms with Gasteiger partial charge in [-0.25, -0.2) is 9.37 Å². The molecule has 7 heteroatoms. The Morgan fingerprint density at radius 2 is 2.17 bits per heavy atom. The summed E-state index contributed by atoms with van der Waals surface area (Å²) in [6, 6.07) is 2.89. The Balaban J connectivity index is 1.86. The number of aldehydes is 1. The van der Waals surface area contributed by atoms with Crippen LogP contribution in [0.4, 0.5) is 4.39 Å². The van der Waals surface area contributed by atoms with E-state index < -0.39 is 5.82 Å². The highest BCUT2D eigenvalue weighted by Crippen LogP contribution is 2.39. The van der Waals surface area contributed by atoms with E-state index in [1.807, 2.05) is 0 Å². The molecule has 0 aromatic carbocycles. The van der Waals surface area contributed by atoms with E-state index in [0.717, 1.165) is 0 Å². The van der Waals surface area contributed by atoms with Gasteiger partial charge in [0, 0.05) is 11.8 Å². The molecule has 3 rings (SSSR count). The third kappa shape index (κ3) is 2.74. The monoisotopic (exact) mass is 317 g/mol. The van der Waals surface area contributed by atoms with Gasteiger partial charge in [-0.3, -0.25) is 14.3 Å². The summed E-state index contributed by atoms with van der Waals surface area (Å²) in [6.45, 7) is 1.57. The predicted molar refractivity (Wildman–Crippen MR) is 79.3 cm³/mol. The Bertz CT molecular complexity index is 766. The number of hydrogen-bond donors (Lipinski definition) is 0. The first kappa shape index (κ1) is 15.3. The van der Waals surface area contributed by atoms with Crippen molar-refractivity contribution in [3.05, 3.63) is 35.5 Å². The molecule has 0 amide bonds. The standard InChI is InChI=1S/C16H16FN3O3/c1-9-13(17)3-4-14(18-9)12-7-20(19-15(12)8-21)11-5-10(6-11)16(22)23-2/h3-4,7-8,10-11H,5-6H2,1-2H3/t10-,11-. The topological polar surface area (TPSA) is 74.1 Å². The zero-order chi connectivity index (χ0) is 16.6. The molecule has 0 unspecified atom stereocenters. The Labute approximate surface area is 132 Å². The summed E-state index contributed by atoms with van der Waals surface area (Å²) >= 11 is 0. The fourth-order valence-corrected chi connectivity index (χ4v) is 2.73. The maximum Gasteiger partial charge on any atom is 0.308 e. The molecule has 0 N–H and O–H groups in total. The molecule has 0 aliphatic heterocycles. The van der Waals surface area contributed by atoms with Gasteiger partial charge in [0.25, 0.3) is 0 Å². The number of pyridine rings is 1. The first-order valence-electron chi connectivity index (χ1n) is 7.29. The quantitative estimate of drug-likeness (QED) is 0.639. The molecule has 6 nitrogen and oxygen atoms in total. The first-order valence-corrected chi connectivity index (χ1v) is 7.29. The molecule has 0 atom stereocenters. The van der Waals surface area contributed by atoms with E-state index in [4.69, 9.17) is 4.74 Å². The number of methoxy groups -OCH3 is 1. The van der Waals surface area contributed by atoms with E-state index in [1.54, 1.807) is 17.8 Å². The van der Waals surface area contributed by atoms with Crippen molar-refractivity contribution in [3.63, 3.8) is 0 Å². The fraction of sp³-hybridized carbons (Fsp3) is 0.375. The minimum Gasteiger partial charge on any atom is -0.469 e. The molecule has 23 heavy (non-hydrogen) atoms. The molecule has 0 radical (unpaired) electrons. The van der Waals surface area contributed by atoms with E-state index >= 15 is 0 Å². The van der Waals surface area contributed by atoms with Gasteiger partial charge in [-0.2, -0.15) is 5.10 Å². The number of aromatic nitrogens is 3. The van der Waals surface area contributed by atoms with Gasteiger partial charge >= 0.3 is 5.97 Å². The van der Waals surface area contributed by atoms with E-state index in [2.05, 4.69) is 10.1 Å². The van der Waals surface area contributed by atoms with Crippen LogP contribution in [0.25, 0.3) is 11.3 Å². The summed E-state index contributed by atoms with van der Waals surface area (Å²) in [6.07, 6.45) is 3.63. The number of rotatable bonds is 4. The summed E-state index contributed by atoms with van der Waals surface area (Å²) in [5.74, 6) is -0.739. The van der Waals surface area contributed by atoms with Crippen LogP contribution in [0.1, 0.15) is 35.1 Å². The molecular formula is C16H16FN3O3. The number of nitrogens with zero attached hydrogens (tertiary/aromatic N) is 3. The third-order valence-corrected chi connectivity index (χ3v) is 4.19. The van der Waals surface area contributed by atoms with Crippen LogP contribution in [0.2, 0.25) is 0 Å². The molecule has 2 aromatic rings. The maximum atomic E-state index is 13.3. The average molecular weight is 317 g/mol. The van der Waals surface area contributed by atoms with E-state index in [1.165, 1.54) is 19.2 Å². The minimum atomic E-state index is -0.395. The Kier molecular flexibility index (Phi) is 3.94. The predicted octanol–water partition coefficient (Wildman–Crippen LogP) is 2.33. The van der Waals surface area contributed by atoms with Crippen molar-refractivity contribution in [3.8, 4) is 11.3 Å². The van der Waals surface area contributed by atoms with Crippen molar-refractivity contribution in [1.82, 2.24) is 14.8 Å². The number of carbonyl (C=O) groups excluding carboxylic acids is 2. The molecule has 0 spiro atoms.